The first-order valence-electron chi connectivity index (χ1n) is 36.7. The summed E-state index contributed by atoms with van der Waals surface area (Å²) in [7, 11) is 11.2. The van der Waals surface area contributed by atoms with Gasteiger partial charge in [0.1, 0.15) is 71.1 Å². The van der Waals surface area contributed by atoms with Crippen LogP contribution in [0, 0.1) is 36.3 Å². The second-order valence-corrected chi connectivity index (χ2v) is 29.9. The van der Waals surface area contributed by atoms with E-state index in [1.54, 1.807) is 38.1 Å². The molecule has 0 unspecified atom stereocenters. The van der Waals surface area contributed by atoms with E-state index in [0.29, 0.717) is 56.2 Å². The van der Waals surface area contributed by atoms with Crippen molar-refractivity contribution >= 4 is 70.9 Å². The van der Waals surface area contributed by atoms with Gasteiger partial charge in [-0.25, -0.2) is 8.78 Å². The van der Waals surface area contributed by atoms with Gasteiger partial charge in [0, 0.05) is 88.9 Å². The average Bonchev–Trinajstić information content (AvgIpc) is 1.16. The predicted molar refractivity (Wildman–Crippen MR) is 376 cm³/mol. The Morgan fingerprint density at radius 2 is 1.33 bits per heavy atom. The van der Waals surface area contributed by atoms with Crippen LogP contribution in [0.1, 0.15) is 146 Å². The second-order valence-electron chi connectivity index (χ2n) is 29.9. The van der Waals surface area contributed by atoms with Crippen LogP contribution in [0.15, 0.2) is 48.6 Å². The summed E-state index contributed by atoms with van der Waals surface area (Å²) in [6, 6.07) is -2.85. The van der Waals surface area contributed by atoms with E-state index in [-0.39, 0.29) is 76.1 Å². The fourth-order valence-corrected chi connectivity index (χ4v) is 15.2. The Morgan fingerprint density at radius 1 is 0.695 bits per heavy atom. The van der Waals surface area contributed by atoms with Crippen molar-refractivity contribution in [3.63, 3.8) is 0 Å². The van der Waals surface area contributed by atoms with Crippen LogP contribution < -0.4 is 16.0 Å². The Bertz CT molecular complexity index is 3560. The van der Waals surface area contributed by atoms with Crippen LogP contribution in [-0.4, -0.2) is 264 Å². The topological polar surface area (TPSA) is 279 Å². The highest BCUT2D eigenvalue weighted by Gasteiger charge is 2.54. The number of fused-ring (bicyclic) bond motifs is 3. The molecule has 3 heterocycles. The molecule has 3 N–H and O–H groups in total. The number of nitrogens with zero attached hydrogens (tertiary/aromatic N) is 9. The van der Waals surface area contributed by atoms with Gasteiger partial charge in [-0.2, -0.15) is 13.2 Å². The average molecular weight is 1480 g/mol. The Kier molecular flexibility index (Phi) is 27.5. The quantitative estimate of drug-likeness (QED) is 0.180. The first-order valence-corrected chi connectivity index (χ1v) is 36.7. The van der Waals surface area contributed by atoms with E-state index < -0.39 is 198 Å². The predicted octanol–water partition coefficient (Wildman–Crippen LogP) is 4.78. The van der Waals surface area contributed by atoms with E-state index in [9.17, 15) is 41.9 Å². The van der Waals surface area contributed by atoms with Crippen molar-refractivity contribution in [2.75, 3.05) is 89.2 Å². The van der Waals surface area contributed by atoms with Crippen molar-refractivity contribution in [2.24, 2.45) is 17.8 Å². The molecule has 105 heavy (non-hydrogen) atoms. The summed E-state index contributed by atoms with van der Waals surface area (Å²) in [5.74, 6) is -13.7. The summed E-state index contributed by atoms with van der Waals surface area (Å²) in [4.78, 5) is 191. The summed E-state index contributed by atoms with van der Waals surface area (Å²) in [5.41, 5.74) is -2.66. The minimum atomic E-state index is -5.41. The third-order valence-electron chi connectivity index (χ3n) is 22.1. The number of rotatable bonds is 13. The van der Waals surface area contributed by atoms with Crippen molar-refractivity contribution in [3.05, 3.63) is 82.4 Å². The van der Waals surface area contributed by atoms with Crippen LogP contribution in [-0.2, 0) is 81.3 Å². The largest absolute Gasteiger partial charge is 0.422 e. The Balaban J connectivity index is 1.21. The third-order valence-corrected chi connectivity index (χ3v) is 22.1. The number of halogens is 5. The molecule has 578 valence electrons. The highest BCUT2D eigenvalue weighted by Crippen LogP contribution is 2.40. The number of hydrogen-bond acceptors (Lipinski definition) is 13. The number of benzene rings is 2. The van der Waals surface area contributed by atoms with Gasteiger partial charge in [0.25, 0.3) is 0 Å². The van der Waals surface area contributed by atoms with E-state index in [1.807, 2.05) is 26.0 Å². The molecule has 6 aliphatic rings. The molecule has 3 saturated carbocycles. The lowest BCUT2D eigenvalue weighted by molar-refractivity contribution is -0.158. The molecular weight excluding hydrogens is 1370 g/mol. The van der Waals surface area contributed by atoms with Crippen LogP contribution in [0.5, 0.6) is 0 Å². The van der Waals surface area contributed by atoms with Gasteiger partial charge in [-0.1, -0.05) is 87.9 Å². The molecule has 12 amide bonds. The summed E-state index contributed by atoms with van der Waals surface area (Å²) >= 11 is 0. The van der Waals surface area contributed by atoms with Crippen LogP contribution >= 0.6 is 0 Å². The lowest BCUT2D eigenvalue weighted by Crippen LogP contribution is -2.68. The van der Waals surface area contributed by atoms with Gasteiger partial charge in [-0.05, 0) is 119 Å². The van der Waals surface area contributed by atoms with Gasteiger partial charge in [0.2, 0.25) is 70.9 Å². The summed E-state index contributed by atoms with van der Waals surface area (Å²) < 4.78 is 77.9. The first-order chi connectivity index (χ1) is 49.5. The van der Waals surface area contributed by atoms with Gasteiger partial charge in [-0.15, -0.1) is 0 Å². The third kappa shape index (κ3) is 19.5. The molecule has 5 fully saturated rings. The smallest absolute Gasteiger partial charge is 0.377 e. The minimum absolute atomic E-state index is 0.0287. The van der Waals surface area contributed by atoms with Gasteiger partial charge >= 0.3 is 6.18 Å². The molecule has 2 aromatic carbocycles. The van der Waals surface area contributed by atoms with Crippen LogP contribution in [0.2, 0.25) is 0 Å². The molecule has 0 radical (unpaired) electrons. The van der Waals surface area contributed by atoms with Gasteiger partial charge in [-0.3, -0.25) is 57.5 Å². The van der Waals surface area contributed by atoms with Crippen molar-refractivity contribution in [2.45, 2.75) is 209 Å². The number of amides is 12. The van der Waals surface area contributed by atoms with Crippen molar-refractivity contribution in [1.82, 2.24) is 60.0 Å². The molecule has 2 saturated heterocycles. The number of carbonyl (C=O) groups excluding carboxylic acids is 12. The molecule has 3 aliphatic heterocycles. The zero-order valence-corrected chi connectivity index (χ0v) is 62.5. The molecule has 3 aliphatic carbocycles. The molecule has 2 bridgehead atoms. The van der Waals surface area contributed by atoms with E-state index in [2.05, 4.69) is 16.0 Å². The SMILES string of the molecule is CCO[C@@H]1C[C@H]2C(=O)NC3(CCC3)C(=O)N(C)[C@@H](C3CCCC3)C(=O)N(C)[C@H](C(=O)N(C)C)CC(=O)N(C)[C@@H](CC3CC3)C(=O)N[C@@H]([C@@H](C)CC)C(=O)N(C)CC(=O)N(C)[C@H]3C/C=C\CCN(C3=O)[C@@H](Cc3ccc(C)cc3)C(=O)N(C)CC(=O)N[C@H](CCc3cc(F)c(C(F)(F)F)c(F)c3)C(=O)N2C1. The maximum Gasteiger partial charge on any atom is 0.422 e. The van der Waals surface area contributed by atoms with E-state index in [4.69, 9.17) is 4.74 Å². The zero-order valence-electron chi connectivity index (χ0n) is 62.5. The van der Waals surface area contributed by atoms with Gasteiger partial charge < -0.3 is 64.8 Å². The summed E-state index contributed by atoms with van der Waals surface area (Å²) in [6.07, 6.45) is 0.627. The Morgan fingerprint density at radius 3 is 1.91 bits per heavy atom. The molecule has 10 atom stereocenters. The highest BCUT2D eigenvalue weighted by molar-refractivity contribution is 6.01. The monoisotopic (exact) mass is 1480 g/mol. The molecule has 2 aromatic rings. The highest BCUT2D eigenvalue weighted by atomic mass is 19.4. The first kappa shape index (κ1) is 82.1. The summed E-state index contributed by atoms with van der Waals surface area (Å²) in [5, 5.41) is 8.48. The number of aryl methyl sites for hydroxylation is 2. The molecule has 0 aromatic heterocycles. The van der Waals surface area contributed by atoms with E-state index in [1.165, 1.54) is 80.9 Å². The number of likely N-dealkylation sites (N-methyl/N-ethyl adjacent to an activating group) is 7. The fraction of sp³-hybridized carbons (Fsp3) is 0.653. The molecule has 1 spiro atoms. The van der Waals surface area contributed by atoms with Crippen molar-refractivity contribution in [1.29, 1.82) is 0 Å². The Labute approximate surface area is 611 Å². The maximum absolute atomic E-state index is 15.5. The number of nitrogens with one attached hydrogen (secondary N) is 3. The van der Waals surface area contributed by atoms with E-state index >= 15 is 37.5 Å². The van der Waals surface area contributed by atoms with Crippen molar-refractivity contribution < 1.29 is 84.2 Å². The van der Waals surface area contributed by atoms with Crippen LogP contribution in [0.3, 0.4) is 0 Å². The van der Waals surface area contributed by atoms with Crippen molar-refractivity contribution in [3.8, 4) is 0 Å². The number of alkyl halides is 3. The standard InChI is InChI=1S/C75H105F5N12O13/c1-13-45(4)63-71(102)86(8)43-61(95)87(9)54-23-16-15-19-34-91(70(54)101)58(38-46-26-24-44(3)25-27-46)69(100)85(7)42-59(93)81-53(31-30-48-35-51(76)62(52(77)36-48)75(78,79)80)67(98)92-41-50(105-14-2)39-56(92)66(97)83-74(32-20-33-74)73(104)90(12)64(49-21-17-18-22-49)72(103)89(11)57(68(99)84(5)6)40-60(94)88(10)55(65(96)82-63)37-47-28-29-47/h15-16,24-27,35-36,45,47,49-50,53-58,63-64H,13-14,17-23,28-34,37-43H2,1-12H3,(H,81,93)(H,82,96)(H,83,97)/b16-15-/t45-,50+,53+,54-,55-,56-,57-,58-,63-,64-/m0/s1. The van der Waals surface area contributed by atoms with Gasteiger partial charge in [0.05, 0.1) is 25.6 Å². The number of hydrogen-bond donors (Lipinski definition) is 3. The molecular formula is C75H105F5N12O13. The molecule has 8 rings (SSSR count). The van der Waals surface area contributed by atoms with Crippen LogP contribution in [0.4, 0.5) is 22.0 Å². The summed E-state index contributed by atoms with van der Waals surface area (Å²) in [6.45, 7) is 5.49. The number of carbonyl (C=O) groups is 12. The fourth-order valence-electron chi connectivity index (χ4n) is 15.2. The normalized spacial score (nSPS) is 27.0. The van der Waals surface area contributed by atoms with Gasteiger partial charge in [0.15, 0.2) is 0 Å². The van der Waals surface area contributed by atoms with E-state index in [0.717, 1.165) is 38.0 Å². The minimum Gasteiger partial charge on any atom is -0.377 e. The molecule has 30 heteroatoms. The van der Waals surface area contributed by atoms with Crippen LogP contribution in [0.25, 0.3) is 0 Å². The lowest BCUT2D eigenvalue weighted by Gasteiger charge is -2.46. The Hall–Kier alpha value is -8.57. The maximum atomic E-state index is 15.5. The zero-order chi connectivity index (χ0) is 77.3. The molecule has 25 nitrogen and oxygen atoms in total. The second kappa shape index (κ2) is 35.2. The number of ether oxygens (including phenoxy) is 1. The lowest BCUT2D eigenvalue weighted by atomic mass is 9.74.